The highest BCUT2D eigenvalue weighted by molar-refractivity contribution is 7.89. The lowest BCUT2D eigenvalue weighted by Gasteiger charge is -2.22. The first kappa shape index (κ1) is 28.1. The van der Waals surface area contributed by atoms with E-state index in [4.69, 9.17) is 9.57 Å². The van der Waals surface area contributed by atoms with Gasteiger partial charge in [-0.15, -0.1) is 0 Å². The van der Waals surface area contributed by atoms with Crippen LogP contribution in [0.3, 0.4) is 0 Å². The van der Waals surface area contributed by atoms with Gasteiger partial charge in [-0.3, -0.25) is 4.79 Å². The molecule has 36 heavy (non-hydrogen) atoms. The Balaban J connectivity index is 0.00000176. The molecule has 0 saturated carbocycles. The molecule has 0 aliphatic carbocycles. The second-order valence-electron chi connectivity index (χ2n) is 9.72. The van der Waals surface area contributed by atoms with Gasteiger partial charge in [0, 0.05) is 31.7 Å². The van der Waals surface area contributed by atoms with E-state index in [0.717, 1.165) is 30.4 Å². The molecule has 0 aromatic heterocycles. The Kier molecular flexibility index (Phi) is 9.47. The van der Waals surface area contributed by atoms with E-state index in [9.17, 15) is 13.2 Å². The number of benzene rings is 2. The summed E-state index contributed by atoms with van der Waals surface area (Å²) < 4.78 is 32.9. The third-order valence-corrected chi connectivity index (χ3v) is 8.00. The highest BCUT2D eigenvalue weighted by atomic mass is 32.2. The molecule has 1 saturated heterocycles. The van der Waals surface area contributed by atoms with Gasteiger partial charge in [0.25, 0.3) is 5.91 Å². The number of rotatable bonds is 6. The summed E-state index contributed by atoms with van der Waals surface area (Å²) in [6.07, 6.45) is 3.84. The van der Waals surface area contributed by atoms with E-state index in [2.05, 4.69) is 50.5 Å². The van der Waals surface area contributed by atoms with Gasteiger partial charge in [0.15, 0.2) is 6.29 Å². The van der Waals surface area contributed by atoms with Crippen molar-refractivity contribution in [3.05, 3.63) is 65.7 Å². The van der Waals surface area contributed by atoms with E-state index in [1.54, 1.807) is 18.2 Å². The van der Waals surface area contributed by atoms with Crippen LogP contribution in [0.2, 0.25) is 0 Å². The van der Waals surface area contributed by atoms with Crippen molar-refractivity contribution in [2.24, 2.45) is 0 Å². The predicted molar refractivity (Wildman–Crippen MR) is 142 cm³/mol. The Morgan fingerprint density at radius 2 is 1.61 bits per heavy atom. The van der Waals surface area contributed by atoms with Crippen molar-refractivity contribution in [1.29, 1.82) is 0 Å². The third-order valence-electron chi connectivity index (χ3n) is 6.18. The number of hydrogen-bond acceptors (Lipinski definition) is 5. The number of ether oxygens (including phenoxy) is 1. The molecule has 2 aromatic carbocycles. The number of carbonyl (C=O) groups is 1. The average Bonchev–Trinajstić information content (AvgIpc) is 3.40. The topological polar surface area (TPSA) is 84.9 Å². The minimum Gasteiger partial charge on any atom is -0.350 e. The van der Waals surface area contributed by atoms with Crippen molar-refractivity contribution in [2.45, 2.75) is 70.5 Å². The quantitative estimate of drug-likeness (QED) is 0.537. The van der Waals surface area contributed by atoms with Gasteiger partial charge in [-0.1, -0.05) is 77.1 Å². The fourth-order valence-electron chi connectivity index (χ4n) is 4.00. The normalized spacial score (nSPS) is 18.7. The fraction of sp³-hybridized carbons (Fsp3) is 0.464. The minimum atomic E-state index is -3.73. The summed E-state index contributed by atoms with van der Waals surface area (Å²) in [6, 6.07) is 15.2. The van der Waals surface area contributed by atoms with Crippen LogP contribution in [0.4, 0.5) is 0 Å². The van der Waals surface area contributed by atoms with E-state index < -0.39 is 22.2 Å². The summed E-state index contributed by atoms with van der Waals surface area (Å²) >= 11 is 0. The second-order valence-corrected chi connectivity index (χ2v) is 11.7. The third kappa shape index (κ3) is 6.82. The van der Waals surface area contributed by atoms with Crippen LogP contribution in [0.5, 0.6) is 0 Å². The zero-order valence-corrected chi connectivity index (χ0v) is 22.7. The van der Waals surface area contributed by atoms with Gasteiger partial charge in [0.2, 0.25) is 10.0 Å². The van der Waals surface area contributed by atoms with Gasteiger partial charge in [0.05, 0.1) is 4.90 Å². The summed E-state index contributed by atoms with van der Waals surface area (Å²) in [4.78, 5) is 17.9. The first-order chi connectivity index (χ1) is 17.1. The monoisotopic (exact) mass is 514 g/mol. The van der Waals surface area contributed by atoms with Crippen LogP contribution in [0, 0.1) is 0 Å². The van der Waals surface area contributed by atoms with Gasteiger partial charge < -0.3 is 4.74 Å². The van der Waals surface area contributed by atoms with Crippen LogP contribution in [0.25, 0.3) is 11.1 Å². The molecule has 4 rings (SSSR count). The van der Waals surface area contributed by atoms with Crippen molar-refractivity contribution in [2.75, 3.05) is 19.7 Å². The Morgan fingerprint density at radius 3 is 2.17 bits per heavy atom. The molecule has 2 aliphatic heterocycles. The molecule has 1 fully saturated rings. The van der Waals surface area contributed by atoms with Crippen LogP contribution in [-0.4, -0.2) is 44.6 Å². The molecule has 0 radical (unpaired) electrons. The lowest BCUT2D eigenvalue weighted by atomic mass is 9.86. The molecule has 7 nitrogen and oxygen atoms in total. The minimum absolute atomic E-state index is 0.000925. The summed E-state index contributed by atoms with van der Waals surface area (Å²) in [6.45, 7) is 11.3. The number of nitrogens with zero attached hydrogens (tertiary/aromatic N) is 1. The van der Waals surface area contributed by atoms with Crippen LogP contribution in [0.15, 0.2) is 65.1 Å². The van der Waals surface area contributed by atoms with E-state index >= 15 is 0 Å². The van der Waals surface area contributed by atoms with Crippen LogP contribution >= 0.6 is 0 Å². The highest BCUT2D eigenvalue weighted by Crippen LogP contribution is 2.28. The number of nitrogens with one attached hydrogen (secondary N) is 1. The molecule has 2 heterocycles. The first-order valence-electron chi connectivity index (χ1n) is 12.6. The van der Waals surface area contributed by atoms with Crippen LogP contribution in [-0.2, 0) is 29.8 Å². The average molecular weight is 515 g/mol. The standard InChI is InChI=1S/C26H32N2O5S.C2H6/c1-26(2,3)22-11-7-19(8-12-22)20-9-13-23(14-10-20)34(30,31)28-16-15-21(18-28)25(29)27-33-24-6-4-5-17-32-24;1-2/h7-15,24H,4-6,16-18H2,1-3H3,(H,27,29);1-2H3. The maximum absolute atomic E-state index is 13.1. The predicted octanol–water partition coefficient (Wildman–Crippen LogP) is 5.18. The molecule has 196 valence electrons. The summed E-state index contributed by atoms with van der Waals surface area (Å²) in [7, 11) is -3.73. The lowest BCUT2D eigenvalue weighted by Crippen LogP contribution is -2.36. The molecule has 1 N–H and O–H groups in total. The van der Waals surface area contributed by atoms with Gasteiger partial charge in [-0.2, -0.15) is 4.31 Å². The molecule has 2 aliphatic rings. The van der Waals surface area contributed by atoms with Crippen LogP contribution in [0.1, 0.15) is 59.4 Å². The van der Waals surface area contributed by atoms with Crippen molar-refractivity contribution >= 4 is 15.9 Å². The lowest BCUT2D eigenvalue weighted by molar-refractivity contribution is -0.198. The number of sulfonamides is 1. The Bertz CT molecular complexity index is 1140. The van der Waals surface area contributed by atoms with Crippen LogP contribution < -0.4 is 5.48 Å². The van der Waals surface area contributed by atoms with Crippen molar-refractivity contribution in [3.63, 3.8) is 0 Å². The Morgan fingerprint density at radius 1 is 1.00 bits per heavy atom. The van der Waals surface area contributed by atoms with Crippen molar-refractivity contribution in [3.8, 4) is 11.1 Å². The number of hydroxylamine groups is 1. The van der Waals surface area contributed by atoms with E-state index in [-0.39, 0.29) is 23.4 Å². The Labute approximate surface area is 215 Å². The van der Waals surface area contributed by atoms with E-state index in [1.807, 2.05) is 26.0 Å². The SMILES string of the molecule is CC.CC(C)(C)c1ccc(-c2ccc(S(=O)(=O)N3CC=C(C(=O)NOC4CCCCO4)C3)cc2)cc1. The largest absolute Gasteiger partial charge is 0.350 e. The van der Waals surface area contributed by atoms with E-state index in [0.29, 0.717) is 12.2 Å². The van der Waals surface area contributed by atoms with Crippen molar-refractivity contribution < 1.29 is 22.8 Å². The van der Waals surface area contributed by atoms with Gasteiger partial charge in [-0.25, -0.2) is 18.7 Å². The molecule has 1 unspecified atom stereocenters. The molecule has 0 spiro atoms. The second kappa shape index (κ2) is 12.1. The highest BCUT2D eigenvalue weighted by Gasteiger charge is 2.31. The van der Waals surface area contributed by atoms with Crippen molar-refractivity contribution in [1.82, 2.24) is 9.79 Å². The Hall–Kier alpha value is -2.52. The molecular formula is C28H38N2O5S. The zero-order valence-electron chi connectivity index (χ0n) is 21.9. The van der Waals surface area contributed by atoms with Gasteiger partial charge in [-0.05, 0) is 47.1 Å². The van der Waals surface area contributed by atoms with E-state index in [1.165, 1.54) is 9.87 Å². The molecular weight excluding hydrogens is 476 g/mol. The van der Waals surface area contributed by atoms with Gasteiger partial charge >= 0.3 is 0 Å². The molecule has 2 aromatic rings. The number of amides is 1. The number of carbonyl (C=O) groups excluding carboxylic acids is 1. The zero-order chi connectivity index (χ0) is 26.3. The smallest absolute Gasteiger partial charge is 0.271 e. The summed E-state index contributed by atoms with van der Waals surface area (Å²) in [5.41, 5.74) is 6.04. The van der Waals surface area contributed by atoms with Gasteiger partial charge in [0.1, 0.15) is 0 Å². The molecule has 1 atom stereocenters. The molecule has 0 bridgehead atoms. The summed E-state index contributed by atoms with van der Waals surface area (Å²) in [5, 5.41) is 0. The number of hydrogen-bond donors (Lipinski definition) is 1. The fourth-order valence-corrected chi connectivity index (χ4v) is 5.36. The summed E-state index contributed by atoms with van der Waals surface area (Å²) in [5.74, 6) is -0.444. The first-order valence-corrected chi connectivity index (χ1v) is 14.1. The maximum atomic E-state index is 13.1. The molecule has 1 amide bonds. The maximum Gasteiger partial charge on any atom is 0.271 e. The molecule has 8 heteroatoms.